The van der Waals surface area contributed by atoms with Crippen LogP contribution in [0.3, 0.4) is 0 Å². The number of benzene rings is 1. The molecule has 116 valence electrons. The topological polar surface area (TPSA) is 49.3 Å². The smallest absolute Gasteiger partial charge is 0.223 e. The highest BCUT2D eigenvalue weighted by atomic mass is 19.1. The lowest BCUT2D eigenvalue weighted by Crippen LogP contribution is -2.45. The van der Waals surface area contributed by atoms with Crippen LogP contribution < -0.4 is 5.32 Å². The molecule has 0 bridgehead atoms. The number of carbonyl (C=O) groups excluding carboxylic acids is 1. The van der Waals surface area contributed by atoms with Crippen molar-refractivity contribution in [2.24, 2.45) is 0 Å². The van der Waals surface area contributed by atoms with Crippen LogP contribution in [0.2, 0.25) is 0 Å². The number of amides is 1. The predicted octanol–water partition coefficient (Wildman–Crippen LogP) is 3.26. The zero-order chi connectivity index (χ0) is 15.5. The molecule has 1 aliphatic carbocycles. The number of hydrogen-bond donors (Lipinski definition) is 2. The lowest BCUT2D eigenvalue weighted by Gasteiger charge is -2.33. The van der Waals surface area contributed by atoms with Crippen molar-refractivity contribution in [2.45, 2.75) is 63.5 Å². The fraction of sp³-hybridized carbons (Fsp3) is 0.588. The zero-order valence-corrected chi connectivity index (χ0v) is 12.8. The molecule has 2 rings (SSSR count). The van der Waals surface area contributed by atoms with Crippen LogP contribution in [0, 0.1) is 5.82 Å². The minimum atomic E-state index is -0.875. The average molecular weight is 293 g/mol. The largest absolute Gasteiger partial charge is 0.389 e. The monoisotopic (exact) mass is 293 g/mol. The molecule has 1 fully saturated rings. The third-order valence-corrected chi connectivity index (χ3v) is 4.27. The van der Waals surface area contributed by atoms with Crippen molar-refractivity contribution in [1.82, 2.24) is 5.32 Å². The van der Waals surface area contributed by atoms with E-state index in [1.54, 1.807) is 12.1 Å². The lowest BCUT2D eigenvalue weighted by atomic mass is 9.82. The van der Waals surface area contributed by atoms with Crippen LogP contribution in [0.25, 0.3) is 0 Å². The molecule has 1 aliphatic rings. The van der Waals surface area contributed by atoms with Crippen molar-refractivity contribution < 1.29 is 14.3 Å². The fourth-order valence-electron chi connectivity index (χ4n) is 3.03. The van der Waals surface area contributed by atoms with Gasteiger partial charge in [0.25, 0.3) is 0 Å². The first-order valence-corrected chi connectivity index (χ1v) is 7.60. The van der Waals surface area contributed by atoms with Crippen molar-refractivity contribution in [3.8, 4) is 0 Å². The van der Waals surface area contributed by atoms with Gasteiger partial charge in [-0.15, -0.1) is 0 Å². The van der Waals surface area contributed by atoms with Gasteiger partial charge in [0.05, 0.1) is 17.6 Å². The van der Waals surface area contributed by atoms with Gasteiger partial charge >= 0.3 is 0 Å². The third kappa shape index (κ3) is 4.27. The van der Waals surface area contributed by atoms with Crippen LogP contribution in [0.1, 0.15) is 57.9 Å². The highest BCUT2D eigenvalue weighted by Crippen LogP contribution is 2.31. The van der Waals surface area contributed by atoms with Gasteiger partial charge in [-0.1, -0.05) is 31.4 Å². The molecule has 1 aromatic rings. The maximum Gasteiger partial charge on any atom is 0.223 e. The van der Waals surface area contributed by atoms with E-state index in [0.717, 1.165) is 19.3 Å². The second-order valence-corrected chi connectivity index (χ2v) is 6.65. The van der Waals surface area contributed by atoms with Crippen LogP contribution in [0.15, 0.2) is 24.3 Å². The first kappa shape index (κ1) is 16.0. The number of nitrogens with one attached hydrogen (secondary N) is 1. The summed E-state index contributed by atoms with van der Waals surface area (Å²) >= 11 is 0. The summed E-state index contributed by atoms with van der Waals surface area (Å²) in [6.45, 7) is 3.68. The van der Waals surface area contributed by atoms with Gasteiger partial charge in [0, 0.05) is 0 Å². The van der Waals surface area contributed by atoms with E-state index in [2.05, 4.69) is 5.32 Å². The summed E-state index contributed by atoms with van der Waals surface area (Å²) in [7, 11) is 0. The Labute approximate surface area is 125 Å². The Hall–Kier alpha value is -1.42. The van der Waals surface area contributed by atoms with Gasteiger partial charge in [-0.2, -0.15) is 0 Å². The van der Waals surface area contributed by atoms with Crippen molar-refractivity contribution in [3.63, 3.8) is 0 Å². The highest BCUT2D eigenvalue weighted by Gasteiger charge is 2.33. The Morgan fingerprint density at radius 2 is 2.00 bits per heavy atom. The van der Waals surface area contributed by atoms with E-state index >= 15 is 0 Å². The van der Waals surface area contributed by atoms with Crippen molar-refractivity contribution in [2.75, 3.05) is 0 Å². The number of aliphatic hydroxyl groups is 1. The fourth-order valence-corrected chi connectivity index (χ4v) is 3.03. The Balaban J connectivity index is 2.01. The van der Waals surface area contributed by atoms with Gasteiger partial charge < -0.3 is 10.4 Å². The van der Waals surface area contributed by atoms with Gasteiger partial charge in [0.1, 0.15) is 5.82 Å². The van der Waals surface area contributed by atoms with E-state index in [1.807, 2.05) is 13.8 Å². The first-order chi connectivity index (χ1) is 9.81. The summed E-state index contributed by atoms with van der Waals surface area (Å²) in [6.07, 6.45) is 4.54. The van der Waals surface area contributed by atoms with E-state index in [4.69, 9.17) is 0 Å². The van der Waals surface area contributed by atoms with Gasteiger partial charge in [0.2, 0.25) is 5.91 Å². The zero-order valence-electron chi connectivity index (χ0n) is 12.8. The normalized spacial score (nSPS) is 18.3. The standard InChI is InChI=1S/C17H24FNO2/c1-16(2,13-7-6-8-14(18)11-13)19-15(20)12-17(21)9-4-3-5-10-17/h6-8,11,21H,3-5,9-10,12H2,1-2H3,(H,19,20). The van der Waals surface area contributed by atoms with Gasteiger partial charge in [-0.25, -0.2) is 4.39 Å². The highest BCUT2D eigenvalue weighted by molar-refractivity contribution is 5.78. The molecule has 1 saturated carbocycles. The molecule has 0 radical (unpaired) electrons. The molecule has 0 spiro atoms. The Morgan fingerprint density at radius 1 is 1.33 bits per heavy atom. The van der Waals surface area contributed by atoms with Crippen LogP contribution in [-0.2, 0) is 10.3 Å². The van der Waals surface area contributed by atoms with Gasteiger partial charge in [-0.3, -0.25) is 4.79 Å². The molecule has 0 saturated heterocycles. The lowest BCUT2D eigenvalue weighted by molar-refractivity contribution is -0.129. The van der Waals surface area contributed by atoms with Crippen molar-refractivity contribution in [3.05, 3.63) is 35.6 Å². The van der Waals surface area contributed by atoms with E-state index in [1.165, 1.54) is 12.1 Å². The van der Waals surface area contributed by atoms with Crippen molar-refractivity contribution in [1.29, 1.82) is 0 Å². The number of rotatable bonds is 4. The molecule has 1 amide bonds. The summed E-state index contributed by atoms with van der Waals surface area (Å²) in [5.41, 5.74) is -0.823. The molecule has 21 heavy (non-hydrogen) atoms. The second kappa shape index (κ2) is 6.14. The number of hydrogen-bond acceptors (Lipinski definition) is 2. The van der Waals surface area contributed by atoms with Gasteiger partial charge in [-0.05, 0) is 44.4 Å². The molecular weight excluding hydrogens is 269 g/mol. The minimum absolute atomic E-state index is 0.117. The number of carbonyl (C=O) groups is 1. The molecule has 4 heteroatoms. The Bertz CT molecular complexity index is 507. The molecular formula is C17H24FNO2. The quantitative estimate of drug-likeness (QED) is 0.895. The second-order valence-electron chi connectivity index (χ2n) is 6.65. The van der Waals surface area contributed by atoms with E-state index in [9.17, 15) is 14.3 Å². The summed E-state index contributed by atoms with van der Waals surface area (Å²) in [5, 5.41) is 13.3. The van der Waals surface area contributed by atoms with Crippen LogP contribution in [0.4, 0.5) is 4.39 Å². The van der Waals surface area contributed by atoms with E-state index in [-0.39, 0.29) is 18.1 Å². The maximum absolute atomic E-state index is 13.3. The van der Waals surface area contributed by atoms with Crippen LogP contribution in [0.5, 0.6) is 0 Å². The molecule has 3 nitrogen and oxygen atoms in total. The predicted molar refractivity (Wildman–Crippen MR) is 80.2 cm³/mol. The first-order valence-electron chi connectivity index (χ1n) is 7.60. The van der Waals surface area contributed by atoms with Crippen LogP contribution >= 0.6 is 0 Å². The minimum Gasteiger partial charge on any atom is -0.389 e. The molecule has 0 aliphatic heterocycles. The summed E-state index contributed by atoms with van der Waals surface area (Å²) in [4.78, 5) is 12.2. The molecule has 0 heterocycles. The molecule has 0 aromatic heterocycles. The van der Waals surface area contributed by atoms with Crippen molar-refractivity contribution >= 4 is 5.91 Å². The summed E-state index contributed by atoms with van der Waals surface area (Å²) in [6, 6.07) is 6.23. The average Bonchev–Trinajstić information content (AvgIpc) is 2.38. The van der Waals surface area contributed by atoms with Crippen LogP contribution in [-0.4, -0.2) is 16.6 Å². The number of halogens is 1. The molecule has 0 unspecified atom stereocenters. The van der Waals surface area contributed by atoms with Gasteiger partial charge in [0.15, 0.2) is 0 Å². The molecule has 1 aromatic carbocycles. The van der Waals surface area contributed by atoms with E-state index in [0.29, 0.717) is 18.4 Å². The summed E-state index contributed by atoms with van der Waals surface area (Å²) < 4.78 is 13.3. The SMILES string of the molecule is CC(C)(NC(=O)CC1(O)CCCCC1)c1cccc(F)c1. The molecule has 2 N–H and O–H groups in total. The third-order valence-electron chi connectivity index (χ3n) is 4.27. The molecule has 0 atom stereocenters. The Morgan fingerprint density at radius 3 is 2.62 bits per heavy atom. The maximum atomic E-state index is 13.3. The summed E-state index contributed by atoms with van der Waals surface area (Å²) in [5.74, 6) is -0.505. The Kier molecular flexibility index (Phi) is 4.67. The van der Waals surface area contributed by atoms with E-state index < -0.39 is 11.1 Å².